The van der Waals surface area contributed by atoms with Crippen LogP contribution in [0.25, 0.3) is 0 Å². The number of rotatable bonds is 0. The van der Waals surface area contributed by atoms with Crippen molar-refractivity contribution in [1.29, 1.82) is 0 Å². The minimum absolute atomic E-state index is 1.43. The van der Waals surface area contributed by atoms with E-state index in [1.54, 1.807) is 0 Å². The van der Waals surface area contributed by atoms with Crippen molar-refractivity contribution >= 4 is 63.7 Å². The molecule has 0 saturated carbocycles. The van der Waals surface area contributed by atoms with Crippen LogP contribution in [0.3, 0.4) is 0 Å². The summed E-state index contributed by atoms with van der Waals surface area (Å²) in [6.07, 6.45) is 0. The first-order valence-electron chi connectivity index (χ1n) is 2.20. The molecular formula is CH5Na2O4P. The zero-order valence-electron chi connectivity index (χ0n) is 4.90. The summed E-state index contributed by atoms with van der Waals surface area (Å²) in [5, 5.41) is 0. The maximum absolute atomic E-state index is 8.88. The van der Waals surface area contributed by atoms with Gasteiger partial charge in [0.2, 0.25) is 0 Å². The summed E-state index contributed by atoms with van der Waals surface area (Å²) in [6.45, 7) is 0. The molecule has 0 saturated heterocycles. The van der Waals surface area contributed by atoms with Crippen molar-refractivity contribution in [1.82, 2.24) is 0 Å². The van der Waals surface area contributed by atoms with E-state index in [4.69, 9.17) is 19.2 Å². The third-order valence-electron chi connectivity index (χ3n) is 0. The summed E-state index contributed by atoms with van der Waals surface area (Å²) >= 11 is 2.86. The Bertz CT molecular complexity index is 69.8. The topological polar surface area (TPSA) is 77.8 Å². The van der Waals surface area contributed by atoms with Gasteiger partial charge in [0, 0.05) is 0 Å². The van der Waals surface area contributed by atoms with Gasteiger partial charge in [-0.25, -0.2) is 4.57 Å². The predicted octanol–water partition coefficient (Wildman–Crippen LogP) is -1.23. The summed E-state index contributed by atoms with van der Waals surface area (Å²) in [5.41, 5.74) is 0. The van der Waals surface area contributed by atoms with E-state index in [9.17, 15) is 0 Å². The van der Waals surface area contributed by atoms with Crippen LogP contribution in [0.4, 0.5) is 0 Å². The molecule has 0 radical (unpaired) electrons. The number of hydrogen-bond donors (Lipinski definition) is 3. The van der Waals surface area contributed by atoms with Gasteiger partial charge in [0.05, 0.1) is 0 Å². The van der Waals surface area contributed by atoms with Crippen LogP contribution in [0.1, 0.15) is 0 Å². The van der Waals surface area contributed by atoms with Crippen molar-refractivity contribution < 1.29 is 19.2 Å². The molecule has 0 rings (SSSR count). The Morgan fingerprint density at radius 3 is 1.25 bits per heavy atom. The first-order chi connectivity index (χ1) is 3.41. The van der Waals surface area contributed by atoms with Crippen LogP contribution >= 0.6 is 7.82 Å². The summed E-state index contributed by atoms with van der Waals surface area (Å²) in [4.78, 5) is 21.6. The molecule has 0 spiro atoms. The molecule has 0 amide bonds. The predicted molar refractivity (Wildman–Crippen MR) is 30.6 cm³/mol. The molecule has 0 fully saturated rings. The van der Waals surface area contributed by atoms with Crippen molar-refractivity contribution in [3.05, 3.63) is 0 Å². The summed E-state index contributed by atoms with van der Waals surface area (Å²) in [6, 6.07) is 0. The molecule has 0 aromatic rings. The van der Waals surface area contributed by atoms with E-state index in [2.05, 4.69) is 0 Å². The van der Waals surface area contributed by atoms with E-state index < -0.39 is 7.82 Å². The van der Waals surface area contributed by atoms with Crippen molar-refractivity contribution in [3.63, 3.8) is 0 Å². The van der Waals surface area contributed by atoms with Gasteiger partial charge in [0.15, 0.2) is 0 Å². The van der Waals surface area contributed by atoms with Crippen molar-refractivity contribution in [2.75, 3.05) is 0 Å². The van der Waals surface area contributed by atoms with E-state index >= 15 is 0 Å². The second-order valence-electron chi connectivity index (χ2n) is 1.22. The molecule has 40 valence electrons. The molecule has 0 aromatic heterocycles. The second kappa shape index (κ2) is 7.22. The van der Waals surface area contributed by atoms with Crippen LogP contribution in [-0.2, 0) is 4.57 Å². The zero-order valence-corrected chi connectivity index (χ0v) is 9.80. The number of phosphoric acid groups is 1. The molecule has 0 unspecified atom stereocenters. The molecular weight excluding hydrogens is 153 g/mol. The van der Waals surface area contributed by atoms with E-state index in [1.807, 2.05) is 0 Å². The molecule has 8 heavy (non-hydrogen) atoms. The van der Waals surface area contributed by atoms with Gasteiger partial charge < -0.3 is 14.7 Å². The molecule has 0 aromatic carbocycles. The van der Waals surface area contributed by atoms with Crippen molar-refractivity contribution in [3.8, 4) is 0 Å². The van der Waals surface area contributed by atoms with Crippen LogP contribution < -0.4 is 0 Å². The van der Waals surface area contributed by atoms with E-state index in [0.717, 1.165) is 0 Å². The van der Waals surface area contributed by atoms with Gasteiger partial charge in [-0.2, -0.15) is 0 Å². The van der Waals surface area contributed by atoms with Gasteiger partial charge in [0.1, 0.15) is 0 Å². The molecule has 0 atom stereocenters. The minimum atomic E-state index is -4.64. The first-order valence-corrected chi connectivity index (χ1v) is 6.59. The van der Waals surface area contributed by atoms with E-state index in [1.165, 1.54) is 56.8 Å². The van der Waals surface area contributed by atoms with Crippen LogP contribution in [0.5, 0.6) is 0 Å². The SMILES string of the molecule is O=P(O)(O)O.[Na][CH2][Na]. The Morgan fingerprint density at radius 2 is 1.25 bits per heavy atom. The Labute approximate surface area is 82.7 Å². The van der Waals surface area contributed by atoms with Crippen molar-refractivity contribution in [2.24, 2.45) is 0 Å². The van der Waals surface area contributed by atoms with Gasteiger partial charge in [-0.15, -0.1) is 0 Å². The Kier molecular flexibility index (Phi) is 11.5. The normalized spacial score (nSPS) is 9.88. The second-order valence-corrected chi connectivity index (χ2v) is 7.90. The van der Waals surface area contributed by atoms with Gasteiger partial charge >= 0.3 is 64.6 Å². The van der Waals surface area contributed by atoms with Crippen LogP contribution in [-0.4, -0.2) is 70.5 Å². The summed E-state index contributed by atoms with van der Waals surface area (Å²) in [5.74, 6) is 0. The first kappa shape index (κ1) is 12.8. The van der Waals surface area contributed by atoms with Gasteiger partial charge in [-0.1, -0.05) is 0 Å². The Balaban J connectivity index is 0. The summed E-state index contributed by atoms with van der Waals surface area (Å²) < 4.78 is 10.4. The third-order valence-corrected chi connectivity index (χ3v) is 0. The molecule has 0 aliphatic rings. The summed E-state index contributed by atoms with van der Waals surface area (Å²) in [7, 11) is -4.64. The Hall–Kier alpha value is 2.11. The molecule has 4 nitrogen and oxygen atoms in total. The zero-order chi connectivity index (χ0) is 7.21. The third kappa shape index (κ3) is 92.1. The van der Waals surface area contributed by atoms with Crippen LogP contribution in [0, 0.1) is 0 Å². The number of hydrogen-bond acceptors (Lipinski definition) is 1. The Morgan fingerprint density at radius 1 is 1.25 bits per heavy atom. The van der Waals surface area contributed by atoms with Crippen LogP contribution in [0.2, 0.25) is 0.920 Å². The average Bonchev–Trinajstić information content (AvgIpc) is 1.27. The van der Waals surface area contributed by atoms with E-state index in [0.29, 0.717) is 0 Å². The molecule has 0 bridgehead atoms. The molecule has 0 aliphatic heterocycles. The van der Waals surface area contributed by atoms with Gasteiger partial charge in [-0.05, 0) is 0 Å². The van der Waals surface area contributed by atoms with Crippen molar-refractivity contribution in [2.45, 2.75) is 0.920 Å². The fourth-order valence-electron chi connectivity index (χ4n) is 0. The van der Waals surface area contributed by atoms with Gasteiger partial charge in [0.25, 0.3) is 0 Å². The van der Waals surface area contributed by atoms with E-state index in [-0.39, 0.29) is 0 Å². The molecule has 3 N–H and O–H groups in total. The maximum atomic E-state index is 8.88. The standard InChI is InChI=1S/CH2.2Na.H3O4P/c;;;1-5(2,3)4/h1H2;;;(H3,1,2,3,4). The molecule has 7 heteroatoms. The fraction of sp³-hybridized carbons (Fsp3) is 1.00. The molecule has 0 aliphatic carbocycles. The molecule has 0 heterocycles. The fourth-order valence-corrected chi connectivity index (χ4v) is 0. The quantitative estimate of drug-likeness (QED) is 0.304. The average molecular weight is 158 g/mol. The van der Waals surface area contributed by atoms with Gasteiger partial charge in [-0.3, -0.25) is 0 Å². The van der Waals surface area contributed by atoms with Crippen LogP contribution in [0.15, 0.2) is 0 Å². The monoisotopic (exact) mass is 158 g/mol.